The summed E-state index contributed by atoms with van der Waals surface area (Å²) in [7, 11) is 1.60. The van der Waals surface area contributed by atoms with Gasteiger partial charge in [-0.3, -0.25) is 4.79 Å². The number of hydrogen-bond donors (Lipinski definition) is 0. The molecule has 0 amide bonds. The lowest BCUT2D eigenvalue weighted by atomic mass is 10.0. The van der Waals surface area contributed by atoms with E-state index in [1.54, 1.807) is 19.2 Å². The van der Waals surface area contributed by atoms with E-state index in [9.17, 15) is 4.79 Å². The van der Waals surface area contributed by atoms with E-state index in [-0.39, 0.29) is 0 Å². The van der Waals surface area contributed by atoms with Crippen molar-refractivity contribution in [2.75, 3.05) is 7.11 Å². The zero-order chi connectivity index (χ0) is 13.1. The van der Waals surface area contributed by atoms with Crippen LogP contribution in [0.3, 0.4) is 0 Å². The number of rotatable bonds is 3. The maximum absolute atomic E-state index is 11.1. The molecule has 0 fully saturated rings. The molecule has 92 valence electrons. The van der Waals surface area contributed by atoms with E-state index in [0.29, 0.717) is 21.2 Å². The van der Waals surface area contributed by atoms with E-state index in [2.05, 4.69) is 0 Å². The molecule has 0 radical (unpaired) electrons. The van der Waals surface area contributed by atoms with Crippen molar-refractivity contribution in [2.24, 2.45) is 0 Å². The SMILES string of the molecule is COc1ccc(-c2cc(Cl)cc(Cl)c2C=O)cc1. The van der Waals surface area contributed by atoms with Crippen LogP contribution in [0, 0.1) is 0 Å². The van der Waals surface area contributed by atoms with Gasteiger partial charge in [-0.25, -0.2) is 0 Å². The second-order valence-corrected chi connectivity index (χ2v) is 4.54. The maximum Gasteiger partial charge on any atom is 0.152 e. The molecule has 2 rings (SSSR count). The number of carbonyl (C=O) groups excluding carboxylic acids is 1. The molecule has 4 heteroatoms. The molecule has 18 heavy (non-hydrogen) atoms. The summed E-state index contributed by atoms with van der Waals surface area (Å²) < 4.78 is 5.09. The Labute approximate surface area is 115 Å². The fourth-order valence-corrected chi connectivity index (χ4v) is 2.25. The molecule has 2 nitrogen and oxygen atoms in total. The Morgan fingerprint density at radius 2 is 1.78 bits per heavy atom. The average Bonchev–Trinajstić information content (AvgIpc) is 2.38. The first-order valence-corrected chi connectivity index (χ1v) is 6.00. The number of carbonyl (C=O) groups is 1. The minimum absolute atomic E-state index is 0.350. The van der Waals surface area contributed by atoms with Gasteiger partial charge in [0.25, 0.3) is 0 Å². The molecule has 0 heterocycles. The highest BCUT2D eigenvalue weighted by molar-refractivity contribution is 6.37. The number of hydrogen-bond acceptors (Lipinski definition) is 2. The molecule has 0 aliphatic heterocycles. The molecule has 0 aromatic heterocycles. The average molecular weight is 281 g/mol. The summed E-state index contributed by atoms with van der Waals surface area (Å²) in [4.78, 5) is 11.1. The van der Waals surface area contributed by atoms with Crippen molar-refractivity contribution < 1.29 is 9.53 Å². The van der Waals surface area contributed by atoms with Crippen LogP contribution in [0.5, 0.6) is 5.75 Å². The van der Waals surface area contributed by atoms with Crippen molar-refractivity contribution in [3.8, 4) is 16.9 Å². The minimum Gasteiger partial charge on any atom is -0.497 e. The number of ether oxygens (including phenoxy) is 1. The maximum atomic E-state index is 11.1. The summed E-state index contributed by atoms with van der Waals surface area (Å²) in [6, 6.07) is 10.6. The van der Waals surface area contributed by atoms with Crippen molar-refractivity contribution in [1.82, 2.24) is 0 Å². The van der Waals surface area contributed by atoms with Crippen LogP contribution in [0.1, 0.15) is 10.4 Å². The molecule has 0 bridgehead atoms. The normalized spacial score (nSPS) is 10.2. The van der Waals surface area contributed by atoms with Gasteiger partial charge in [0.05, 0.1) is 12.1 Å². The van der Waals surface area contributed by atoms with Gasteiger partial charge in [-0.1, -0.05) is 35.3 Å². The summed E-state index contributed by atoms with van der Waals surface area (Å²) in [5.74, 6) is 0.750. The summed E-state index contributed by atoms with van der Waals surface area (Å²) in [5.41, 5.74) is 2.01. The van der Waals surface area contributed by atoms with Crippen LogP contribution in [0.4, 0.5) is 0 Å². The third-order valence-corrected chi connectivity index (χ3v) is 3.14. The van der Waals surface area contributed by atoms with Crippen molar-refractivity contribution >= 4 is 29.5 Å². The number of halogens is 2. The van der Waals surface area contributed by atoms with Gasteiger partial charge in [0.2, 0.25) is 0 Å². The minimum atomic E-state index is 0.350. The monoisotopic (exact) mass is 280 g/mol. The summed E-state index contributed by atoms with van der Waals surface area (Å²) in [6.45, 7) is 0. The van der Waals surface area contributed by atoms with Gasteiger partial charge in [0.15, 0.2) is 6.29 Å². The largest absolute Gasteiger partial charge is 0.497 e. The van der Waals surface area contributed by atoms with E-state index in [4.69, 9.17) is 27.9 Å². The zero-order valence-electron chi connectivity index (χ0n) is 9.61. The molecule has 0 N–H and O–H groups in total. The number of aldehydes is 1. The van der Waals surface area contributed by atoms with E-state index in [0.717, 1.165) is 17.6 Å². The van der Waals surface area contributed by atoms with Gasteiger partial charge in [0, 0.05) is 10.6 Å². The van der Waals surface area contributed by atoms with Crippen LogP contribution in [-0.4, -0.2) is 13.4 Å². The third-order valence-electron chi connectivity index (χ3n) is 2.61. The first-order chi connectivity index (χ1) is 8.65. The molecule has 0 aliphatic rings. The van der Waals surface area contributed by atoms with Gasteiger partial charge in [-0.2, -0.15) is 0 Å². The molecular formula is C14H10Cl2O2. The zero-order valence-corrected chi connectivity index (χ0v) is 11.1. The number of methoxy groups -OCH3 is 1. The van der Waals surface area contributed by atoms with Crippen LogP contribution in [0.25, 0.3) is 11.1 Å². The van der Waals surface area contributed by atoms with Crippen molar-refractivity contribution in [3.63, 3.8) is 0 Å². The third kappa shape index (κ3) is 2.50. The standard InChI is InChI=1S/C14H10Cl2O2/c1-18-11-4-2-9(3-5-11)12-6-10(15)7-14(16)13(12)8-17/h2-8H,1H3. The molecule has 0 saturated heterocycles. The second-order valence-electron chi connectivity index (χ2n) is 3.70. The first kappa shape index (κ1) is 12.9. The van der Waals surface area contributed by atoms with Crippen molar-refractivity contribution in [2.45, 2.75) is 0 Å². The summed E-state index contributed by atoms with van der Waals surface area (Å²) >= 11 is 12.0. The molecule has 0 saturated carbocycles. The van der Waals surface area contributed by atoms with Crippen LogP contribution in [0.15, 0.2) is 36.4 Å². The number of benzene rings is 2. The van der Waals surface area contributed by atoms with Crippen LogP contribution < -0.4 is 4.74 Å². The molecule has 2 aromatic rings. The quantitative estimate of drug-likeness (QED) is 0.775. The fourth-order valence-electron chi connectivity index (χ4n) is 1.71. The molecule has 0 unspecified atom stereocenters. The Balaban J connectivity index is 2.58. The first-order valence-electron chi connectivity index (χ1n) is 5.24. The van der Waals surface area contributed by atoms with E-state index in [1.165, 1.54) is 0 Å². The van der Waals surface area contributed by atoms with Gasteiger partial charge in [0.1, 0.15) is 5.75 Å². The van der Waals surface area contributed by atoms with Gasteiger partial charge < -0.3 is 4.74 Å². The Morgan fingerprint density at radius 3 is 2.33 bits per heavy atom. The fraction of sp³-hybridized carbons (Fsp3) is 0.0714. The Hall–Kier alpha value is -1.51. The smallest absolute Gasteiger partial charge is 0.152 e. The van der Waals surface area contributed by atoms with Crippen LogP contribution >= 0.6 is 23.2 Å². The highest BCUT2D eigenvalue weighted by Crippen LogP contribution is 2.32. The Kier molecular flexibility index (Phi) is 3.90. The lowest BCUT2D eigenvalue weighted by Crippen LogP contribution is -1.90. The molecule has 2 aromatic carbocycles. The molecular weight excluding hydrogens is 271 g/mol. The lowest BCUT2D eigenvalue weighted by molar-refractivity contribution is 0.112. The highest BCUT2D eigenvalue weighted by Gasteiger charge is 2.10. The highest BCUT2D eigenvalue weighted by atomic mass is 35.5. The summed E-state index contributed by atoms with van der Waals surface area (Å²) in [6.07, 6.45) is 0.734. The Bertz CT molecular complexity index is 577. The second kappa shape index (κ2) is 5.42. The van der Waals surface area contributed by atoms with E-state index in [1.807, 2.05) is 24.3 Å². The van der Waals surface area contributed by atoms with E-state index >= 15 is 0 Å². The van der Waals surface area contributed by atoms with Gasteiger partial charge in [-0.05, 0) is 35.4 Å². The van der Waals surface area contributed by atoms with Gasteiger partial charge >= 0.3 is 0 Å². The van der Waals surface area contributed by atoms with Crippen LogP contribution in [0.2, 0.25) is 10.0 Å². The predicted molar refractivity (Wildman–Crippen MR) is 73.8 cm³/mol. The van der Waals surface area contributed by atoms with Crippen LogP contribution in [-0.2, 0) is 0 Å². The van der Waals surface area contributed by atoms with E-state index < -0.39 is 0 Å². The predicted octanol–water partition coefficient (Wildman–Crippen LogP) is 4.48. The topological polar surface area (TPSA) is 26.3 Å². The lowest BCUT2D eigenvalue weighted by Gasteiger charge is -2.08. The van der Waals surface area contributed by atoms with Crippen molar-refractivity contribution in [1.29, 1.82) is 0 Å². The molecule has 0 aliphatic carbocycles. The molecule has 0 spiro atoms. The Morgan fingerprint density at radius 1 is 1.11 bits per heavy atom. The van der Waals surface area contributed by atoms with Gasteiger partial charge in [-0.15, -0.1) is 0 Å². The molecule has 0 atom stereocenters. The summed E-state index contributed by atoms with van der Waals surface area (Å²) in [5, 5.41) is 0.847. The van der Waals surface area contributed by atoms with Crippen molar-refractivity contribution in [3.05, 3.63) is 52.0 Å².